The Morgan fingerprint density at radius 1 is 1.00 bits per heavy atom. The summed E-state index contributed by atoms with van der Waals surface area (Å²) in [5.74, 6) is 0.0977. The van der Waals surface area contributed by atoms with E-state index in [1.54, 1.807) is 21.0 Å². The van der Waals surface area contributed by atoms with Gasteiger partial charge in [0, 0.05) is 12.2 Å². The summed E-state index contributed by atoms with van der Waals surface area (Å²) in [5.41, 5.74) is 2.55. The summed E-state index contributed by atoms with van der Waals surface area (Å²) >= 11 is 0. The van der Waals surface area contributed by atoms with Crippen LogP contribution in [0.5, 0.6) is 5.75 Å². The van der Waals surface area contributed by atoms with E-state index in [0.29, 0.717) is 6.54 Å². The quantitative estimate of drug-likeness (QED) is 0.779. The number of rotatable bonds is 6. The Balaban J connectivity index is 1.99. The van der Waals surface area contributed by atoms with Crippen LogP contribution in [0.25, 0.3) is 0 Å². The molecule has 0 unspecified atom stereocenters. The first-order valence-corrected chi connectivity index (χ1v) is 8.54. The number of carbonyl (C=O) groups is 2. The molecule has 2 aromatic rings. The fourth-order valence-corrected chi connectivity index (χ4v) is 2.48. The van der Waals surface area contributed by atoms with E-state index in [9.17, 15) is 9.59 Å². The first-order valence-electron chi connectivity index (χ1n) is 8.54. The zero-order valence-corrected chi connectivity index (χ0v) is 16.0. The number of benzene rings is 2. The van der Waals surface area contributed by atoms with Crippen molar-refractivity contribution in [1.82, 2.24) is 5.32 Å². The SMILES string of the molecule is COc1ccc(CNC(=O)C(C)(C)C(=O)Nc2ccc(C)cc2C)cc1. The number of nitrogens with one attached hydrogen (secondary N) is 2. The number of methoxy groups -OCH3 is 1. The molecular formula is C21H26N2O3. The number of anilines is 1. The number of hydrogen-bond acceptors (Lipinski definition) is 3. The molecule has 2 amide bonds. The smallest absolute Gasteiger partial charge is 0.239 e. The van der Waals surface area contributed by atoms with E-state index in [1.807, 2.05) is 56.3 Å². The first-order chi connectivity index (χ1) is 12.2. The van der Waals surface area contributed by atoms with Crippen LogP contribution < -0.4 is 15.4 Å². The van der Waals surface area contributed by atoms with E-state index < -0.39 is 5.41 Å². The van der Waals surface area contributed by atoms with Crippen molar-refractivity contribution >= 4 is 17.5 Å². The molecule has 0 aliphatic carbocycles. The Hall–Kier alpha value is -2.82. The summed E-state index contributed by atoms with van der Waals surface area (Å²) in [4.78, 5) is 25.2. The van der Waals surface area contributed by atoms with Crippen molar-refractivity contribution in [2.45, 2.75) is 34.2 Å². The van der Waals surface area contributed by atoms with Crippen LogP contribution in [0, 0.1) is 19.3 Å². The van der Waals surface area contributed by atoms with Gasteiger partial charge in [-0.1, -0.05) is 29.8 Å². The number of amides is 2. The highest BCUT2D eigenvalue weighted by Gasteiger charge is 2.36. The van der Waals surface area contributed by atoms with Gasteiger partial charge in [-0.3, -0.25) is 9.59 Å². The predicted molar refractivity (Wildman–Crippen MR) is 103 cm³/mol. The second-order valence-electron chi connectivity index (χ2n) is 6.93. The number of carbonyl (C=O) groups excluding carboxylic acids is 2. The maximum atomic E-state index is 12.6. The van der Waals surface area contributed by atoms with Crippen molar-refractivity contribution in [1.29, 1.82) is 0 Å². The van der Waals surface area contributed by atoms with E-state index in [1.165, 1.54) is 0 Å². The molecule has 0 aliphatic rings. The highest BCUT2D eigenvalue weighted by Crippen LogP contribution is 2.22. The van der Waals surface area contributed by atoms with Crippen LogP contribution in [0.3, 0.4) is 0 Å². The molecule has 2 aromatic carbocycles. The van der Waals surface area contributed by atoms with Gasteiger partial charge in [-0.2, -0.15) is 0 Å². The van der Waals surface area contributed by atoms with E-state index in [4.69, 9.17) is 4.74 Å². The Bertz CT molecular complexity index is 795. The van der Waals surface area contributed by atoms with Gasteiger partial charge in [0.1, 0.15) is 11.2 Å². The molecule has 0 radical (unpaired) electrons. The van der Waals surface area contributed by atoms with E-state index in [-0.39, 0.29) is 11.8 Å². The molecule has 0 atom stereocenters. The van der Waals surface area contributed by atoms with Crippen LogP contribution >= 0.6 is 0 Å². The number of aryl methyl sites for hydroxylation is 2. The van der Waals surface area contributed by atoms with Gasteiger partial charge in [0.05, 0.1) is 7.11 Å². The van der Waals surface area contributed by atoms with Crippen molar-refractivity contribution in [2.24, 2.45) is 5.41 Å². The van der Waals surface area contributed by atoms with Gasteiger partial charge >= 0.3 is 0 Å². The molecule has 0 spiro atoms. The number of ether oxygens (including phenoxy) is 1. The number of hydrogen-bond donors (Lipinski definition) is 2. The third kappa shape index (κ3) is 4.63. The van der Waals surface area contributed by atoms with Crippen LogP contribution in [0.4, 0.5) is 5.69 Å². The van der Waals surface area contributed by atoms with Crippen molar-refractivity contribution in [3.63, 3.8) is 0 Å². The van der Waals surface area contributed by atoms with E-state index in [0.717, 1.165) is 28.1 Å². The molecule has 26 heavy (non-hydrogen) atoms. The van der Waals surface area contributed by atoms with Crippen molar-refractivity contribution in [3.05, 3.63) is 59.2 Å². The Kier molecular flexibility index (Phi) is 6.03. The molecule has 0 aliphatic heterocycles. The molecule has 0 bridgehead atoms. The van der Waals surface area contributed by atoms with Crippen LogP contribution in [-0.2, 0) is 16.1 Å². The summed E-state index contributed by atoms with van der Waals surface area (Å²) in [6.07, 6.45) is 0. The summed E-state index contributed by atoms with van der Waals surface area (Å²) < 4.78 is 5.11. The lowest BCUT2D eigenvalue weighted by atomic mass is 9.90. The fourth-order valence-electron chi connectivity index (χ4n) is 2.48. The van der Waals surface area contributed by atoms with Crippen LogP contribution in [-0.4, -0.2) is 18.9 Å². The molecule has 0 saturated carbocycles. The van der Waals surface area contributed by atoms with Crippen LogP contribution in [0.2, 0.25) is 0 Å². The maximum absolute atomic E-state index is 12.6. The third-order valence-corrected chi connectivity index (χ3v) is 4.38. The predicted octanol–water partition coefficient (Wildman–Crippen LogP) is 3.59. The molecule has 0 aromatic heterocycles. The van der Waals surface area contributed by atoms with Crippen LogP contribution in [0.15, 0.2) is 42.5 Å². The summed E-state index contributed by atoms with van der Waals surface area (Å²) in [7, 11) is 1.60. The zero-order chi connectivity index (χ0) is 19.3. The Morgan fingerprint density at radius 2 is 1.65 bits per heavy atom. The lowest BCUT2D eigenvalue weighted by Gasteiger charge is -2.23. The maximum Gasteiger partial charge on any atom is 0.239 e. The average Bonchev–Trinajstić information content (AvgIpc) is 2.62. The molecule has 0 saturated heterocycles. The van der Waals surface area contributed by atoms with Gasteiger partial charge in [-0.25, -0.2) is 0 Å². The largest absolute Gasteiger partial charge is 0.497 e. The molecule has 2 N–H and O–H groups in total. The molecule has 0 fully saturated rings. The van der Waals surface area contributed by atoms with E-state index >= 15 is 0 Å². The van der Waals surface area contributed by atoms with Crippen molar-refractivity contribution in [3.8, 4) is 5.75 Å². The van der Waals surface area contributed by atoms with E-state index in [2.05, 4.69) is 10.6 Å². The average molecular weight is 354 g/mol. The van der Waals surface area contributed by atoms with Crippen LogP contribution in [0.1, 0.15) is 30.5 Å². The molecule has 2 rings (SSSR count). The highest BCUT2D eigenvalue weighted by molar-refractivity contribution is 6.10. The van der Waals surface area contributed by atoms with Gasteiger partial charge in [0.25, 0.3) is 0 Å². The monoisotopic (exact) mass is 354 g/mol. The lowest BCUT2D eigenvalue weighted by molar-refractivity contribution is -0.138. The topological polar surface area (TPSA) is 67.4 Å². The minimum atomic E-state index is -1.19. The van der Waals surface area contributed by atoms with Gasteiger partial charge < -0.3 is 15.4 Å². The molecular weight excluding hydrogens is 328 g/mol. The van der Waals surface area contributed by atoms with Gasteiger partial charge in [0.2, 0.25) is 11.8 Å². The minimum Gasteiger partial charge on any atom is -0.497 e. The third-order valence-electron chi connectivity index (χ3n) is 4.38. The molecule has 138 valence electrons. The van der Waals surface area contributed by atoms with Gasteiger partial charge in [-0.05, 0) is 57.0 Å². The second-order valence-corrected chi connectivity index (χ2v) is 6.93. The summed E-state index contributed by atoms with van der Waals surface area (Å²) in [5, 5.41) is 5.68. The minimum absolute atomic E-state index is 0.324. The summed E-state index contributed by atoms with van der Waals surface area (Å²) in [6.45, 7) is 7.52. The first kappa shape index (κ1) is 19.5. The molecule has 5 nitrogen and oxygen atoms in total. The van der Waals surface area contributed by atoms with Gasteiger partial charge in [-0.15, -0.1) is 0 Å². The highest BCUT2D eigenvalue weighted by atomic mass is 16.5. The Labute approximate surface area is 154 Å². The molecule has 5 heteroatoms. The molecule has 0 heterocycles. The normalized spacial score (nSPS) is 11.0. The second kappa shape index (κ2) is 8.04. The standard InChI is InChI=1S/C21H26N2O3/c1-14-6-11-18(15(2)12-14)23-20(25)21(3,4)19(24)22-13-16-7-9-17(26-5)10-8-16/h6-12H,13H2,1-5H3,(H,22,24)(H,23,25). The van der Waals surface area contributed by atoms with Gasteiger partial charge in [0.15, 0.2) is 0 Å². The van der Waals surface area contributed by atoms with Crippen molar-refractivity contribution in [2.75, 3.05) is 12.4 Å². The lowest BCUT2D eigenvalue weighted by Crippen LogP contribution is -2.45. The summed E-state index contributed by atoms with van der Waals surface area (Å²) in [6, 6.07) is 13.2. The van der Waals surface area contributed by atoms with Crippen molar-refractivity contribution < 1.29 is 14.3 Å². The Morgan fingerprint density at radius 3 is 2.23 bits per heavy atom. The fraction of sp³-hybridized carbons (Fsp3) is 0.333. The zero-order valence-electron chi connectivity index (χ0n) is 16.0.